The first-order valence-electron chi connectivity index (χ1n) is 4.53. The van der Waals surface area contributed by atoms with Gasteiger partial charge in [0.1, 0.15) is 5.65 Å². The maximum Gasteiger partial charge on any atom is 0.137 e. The summed E-state index contributed by atoms with van der Waals surface area (Å²) < 4.78 is 0. The van der Waals surface area contributed by atoms with Crippen LogP contribution < -0.4 is 5.73 Å². The van der Waals surface area contributed by atoms with Gasteiger partial charge < -0.3 is 15.6 Å². The van der Waals surface area contributed by atoms with Crippen LogP contribution in [0, 0.1) is 0 Å². The van der Waals surface area contributed by atoms with E-state index in [0.717, 1.165) is 23.3 Å². The number of anilines is 1. The predicted octanol–water partition coefficient (Wildman–Crippen LogP) is 1.21. The molecule has 2 aromatic heterocycles. The van der Waals surface area contributed by atoms with Crippen molar-refractivity contribution in [2.45, 2.75) is 6.54 Å². The van der Waals surface area contributed by atoms with Gasteiger partial charge in [0.2, 0.25) is 0 Å². The molecule has 0 aromatic carbocycles. The Labute approximate surface area is 82.7 Å². The topological polar surface area (TPSA) is 57.9 Å². The molecule has 2 heterocycles. The molecule has 4 heteroatoms. The largest absolute Gasteiger partial charge is 0.397 e. The van der Waals surface area contributed by atoms with E-state index in [1.807, 2.05) is 20.2 Å². The number of aromatic amines is 1. The Kier molecular flexibility index (Phi) is 2.13. The van der Waals surface area contributed by atoms with Crippen LogP contribution in [0.25, 0.3) is 11.0 Å². The summed E-state index contributed by atoms with van der Waals surface area (Å²) >= 11 is 0. The molecule has 0 bridgehead atoms. The molecule has 14 heavy (non-hydrogen) atoms. The number of aromatic nitrogens is 2. The quantitative estimate of drug-likeness (QED) is 0.748. The highest BCUT2D eigenvalue weighted by Crippen LogP contribution is 2.16. The lowest BCUT2D eigenvalue weighted by molar-refractivity contribution is 0.398. The van der Waals surface area contributed by atoms with E-state index in [1.54, 1.807) is 6.20 Å². The molecular weight excluding hydrogens is 176 g/mol. The molecular formula is C10H14N4. The van der Waals surface area contributed by atoms with Crippen LogP contribution in [-0.2, 0) is 6.54 Å². The molecule has 0 atom stereocenters. The van der Waals surface area contributed by atoms with Gasteiger partial charge in [0, 0.05) is 17.6 Å². The minimum atomic E-state index is 0.702. The Morgan fingerprint density at radius 2 is 2.21 bits per heavy atom. The Morgan fingerprint density at radius 3 is 2.93 bits per heavy atom. The van der Waals surface area contributed by atoms with Crippen molar-refractivity contribution < 1.29 is 0 Å². The SMILES string of the molecule is CN(C)Cc1cc2cc(N)cnc2[nH]1. The number of nitrogens with one attached hydrogen (secondary N) is 1. The van der Waals surface area contributed by atoms with Crippen molar-refractivity contribution in [3.63, 3.8) is 0 Å². The molecule has 0 fully saturated rings. The second-order valence-corrected chi connectivity index (χ2v) is 3.74. The maximum atomic E-state index is 5.65. The zero-order valence-corrected chi connectivity index (χ0v) is 8.41. The molecule has 3 N–H and O–H groups in total. The molecule has 2 aromatic rings. The Hall–Kier alpha value is -1.55. The number of nitrogens with zero attached hydrogens (tertiary/aromatic N) is 2. The van der Waals surface area contributed by atoms with Gasteiger partial charge in [0.25, 0.3) is 0 Å². The van der Waals surface area contributed by atoms with Crippen LogP contribution in [0.2, 0.25) is 0 Å². The fourth-order valence-electron chi connectivity index (χ4n) is 1.52. The second kappa shape index (κ2) is 3.31. The molecule has 0 saturated heterocycles. The number of pyridine rings is 1. The smallest absolute Gasteiger partial charge is 0.137 e. The molecule has 0 amide bonds. The zero-order chi connectivity index (χ0) is 10.1. The highest BCUT2D eigenvalue weighted by atomic mass is 15.1. The average Bonchev–Trinajstić information content (AvgIpc) is 2.44. The third-order valence-corrected chi connectivity index (χ3v) is 2.03. The molecule has 0 radical (unpaired) electrons. The summed E-state index contributed by atoms with van der Waals surface area (Å²) in [7, 11) is 4.07. The van der Waals surface area contributed by atoms with Crippen molar-refractivity contribution >= 4 is 16.7 Å². The first-order chi connectivity index (χ1) is 6.65. The van der Waals surface area contributed by atoms with Crippen LogP contribution >= 0.6 is 0 Å². The molecule has 0 aliphatic carbocycles. The van der Waals surface area contributed by atoms with E-state index in [1.165, 1.54) is 0 Å². The Bertz CT molecular complexity index is 444. The van der Waals surface area contributed by atoms with E-state index in [9.17, 15) is 0 Å². The number of H-pyrrole nitrogens is 1. The van der Waals surface area contributed by atoms with E-state index < -0.39 is 0 Å². The van der Waals surface area contributed by atoms with Gasteiger partial charge in [-0.2, -0.15) is 0 Å². The van der Waals surface area contributed by atoms with Gasteiger partial charge in [0.15, 0.2) is 0 Å². The van der Waals surface area contributed by atoms with E-state index in [0.29, 0.717) is 5.69 Å². The summed E-state index contributed by atoms with van der Waals surface area (Å²) in [6.45, 7) is 0.885. The van der Waals surface area contributed by atoms with E-state index >= 15 is 0 Å². The van der Waals surface area contributed by atoms with Gasteiger partial charge in [-0.25, -0.2) is 4.98 Å². The van der Waals surface area contributed by atoms with Gasteiger partial charge in [0.05, 0.1) is 11.9 Å². The zero-order valence-electron chi connectivity index (χ0n) is 8.41. The monoisotopic (exact) mass is 190 g/mol. The number of hydrogen-bond acceptors (Lipinski definition) is 3. The number of nitrogen functional groups attached to an aromatic ring is 1. The summed E-state index contributed by atoms with van der Waals surface area (Å²) in [5, 5.41) is 1.07. The lowest BCUT2D eigenvalue weighted by atomic mass is 10.3. The van der Waals surface area contributed by atoms with Crippen molar-refractivity contribution in [1.82, 2.24) is 14.9 Å². The van der Waals surface area contributed by atoms with Crippen molar-refractivity contribution in [1.29, 1.82) is 0 Å². The third kappa shape index (κ3) is 1.70. The number of rotatable bonds is 2. The molecule has 2 rings (SSSR count). The molecule has 0 unspecified atom stereocenters. The van der Waals surface area contributed by atoms with Gasteiger partial charge in [-0.15, -0.1) is 0 Å². The van der Waals surface area contributed by atoms with Gasteiger partial charge >= 0.3 is 0 Å². The first-order valence-corrected chi connectivity index (χ1v) is 4.53. The molecule has 0 aliphatic rings. The molecule has 0 spiro atoms. The van der Waals surface area contributed by atoms with Gasteiger partial charge in [-0.05, 0) is 26.2 Å². The first kappa shape index (κ1) is 9.02. The van der Waals surface area contributed by atoms with Crippen LogP contribution in [0.3, 0.4) is 0 Å². The van der Waals surface area contributed by atoms with Gasteiger partial charge in [-0.3, -0.25) is 0 Å². The fraction of sp³-hybridized carbons (Fsp3) is 0.300. The van der Waals surface area contributed by atoms with E-state index in [-0.39, 0.29) is 0 Å². The summed E-state index contributed by atoms with van der Waals surface area (Å²) in [5.74, 6) is 0. The normalized spacial score (nSPS) is 11.4. The van der Waals surface area contributed by atoms with Crippen molar-refractivity contribution in [2.75, 3.05) is 19.8 Å². The second-order valence-electron chi connectivity index (χ2n) is 3.74. The number of hydrogen-bond donors (Lipinski definition) is 2. The van der Waals surface area contributed by atoms with E-state index in [2.05, 4.69) is 20.9 Å². The summed E-state index contributed by atoms with van der Waals surface area (Å²) in [6.07, 6.45) is 1.66. The van der Waals surface area contributed by atoms with Crippen LogP contribution in [0.1, 0.15) is 5.69 Å². The summed E-state index contributed by atoms with van der Waals surface area (Å²) in [4.78, 5) is 9.56. The highest BCUT2D eigenvalue weighted by Gasteiger charge is 2.02. The highest BCUT2D eigenvalue weighted by molar-refractivity contribution is 5.79. The number of fused-ring (bicyclic) bond motifs is 1. The minimum Gasteiger partial charge on any atom is -0.397 e. The van der Waals surface area contributed by atoms with Crippen LogP contribution in [0.4, 0.5) is 5.69 Å². The number of nitrogens with two attached hydrogens (primary N) is 1. The summed E-state index contributed by atoms with van der Waals surface area (Å²) in [6, 6.07) is 4.01. The lowest BCUT2D eigenvalue weighted by Crippen LogP contribution is -2.10. The van der Waals surface area contributed by atoms with Crippen LogP contribution in [0.15, 0.2) is 18.3 Å². The Balaban J connectivity index is 2.41. The predicted molar refractivity (Wildman–Crippen MR) is 57.9 cm³/mol. The molecule has 74 valence electrons. The minimum absolute atomic E-state index is 0.702. The Morgan fingerprint density at radius 1 is 1.43 bits per heavy atom. The maximum absolute atomic E-state index is 5.65. The van der Waals surface area contributed by atoms with Crippen molar-refractivity contribution in [3.05, 3.63) is 24.0 Å². The molecule has 0 saturated carbocycles. The van der Waals surface area contributed by atoms with Crippen LogP contribution in [-0.4, -0.2) is 29.0 Å². The molecule has 0 aliphatic heterocycles. The van der Waals surface area contributed by atoms with E-state index in [4.69, 9.17) is 5.73 Å². The fourth-order valence-corrected chi connectivity index (χ4v) is 1.52. The van der Waals surface area contributed by atoms with Gasteiger partial charge in [-0.1, -0.05) is 0 Å². The molecule has 4 nitrogen and oxygen atoms in total. The van der Waals surface area contributed by atoms with Crippen LogP contribution in [0.5, 0.6) is 0 Å². The average molecular weight is 190 g/mol. The van der Waals surface area contributed by atoms with Crippen molar-refractivity contribution in [3.8, 4) is 0 Å². The third-order valence-electron chi connectivity index (χ3n) is 2.03. The van der Waals surface area contributed by atoms with Crippen molar-refractivity contribution in [2.24, 2.45) is 0 Å². The lowest BCUT2D eigenvalue weighted by Gasteiger charge is -2.05. The standard InChI is InChI=1S/C10H14N4/c1-14(2)6-9-4-7-3-8(11)5-12-10(7)13-9/h3-5H,6,11H2,1-2H3,(H,12,13). The summed E-state index contributed by atoms with van der Waals surface area (Å²) in [5.41, 5.74) is 8.40.